The third-order valence-electron chi connectivity index (χ3n) is 7.20. The largest absolute Gasteiger partial charge is 0.381 e. The maximum atomic E-state index is 13.4. The van der Waals surface area contributed by atoms with E-state index in [0.29, 0.717) is 6.54 Å². The second-order valence-electron chi connectivity index (χ2n) is 9.19. The molecule has 3 aliphatic rings. The lowest BCUT2D eigenvalue weighted by atomic mass is 9.75. The fourth-order valence-electron chi connectivity index (χ4n) is 5.19. The number of benzene rings is 2. The summed E-state index contributed by atoms with van der Waals surface area (Å²) in [6.07, 6.45) is 1.84. The SMILES string of the molecule is CN1CCN(CC(=O)N2CC3(CCOCC3)c3cc(-c4ccc(F)cc4)ccc32)CC1. The van der Waals surface area contributed by atoms with Crippen molar-refractivity contribution in [1.29, 1.82) is 0 Å². The van der Waals surface area contributed by atoms with E-state index in [-0.39, 0.29) is 17.1 Å². The molecule has 31 heavy (non-hydrogen) atoms. The lowest BCUT2D eigenvalue weighted by Crippen LogP contribution is -2.49. The highest BCUT2D eigenvalue weighted by Gasteiger charge is 2.45. The highest BCUT2D eigenvalue weighted by molar-refractivity contribution is 5.98. The summed E-state index contributed by atoms with van der Waals surface area (Å²) in [5.74, 6) is -0.0461. The van der Waals surface area contributed by atoms with Gasteiger partial charge in [-0.2, -0.15) is 0 Å². The fourth-order valence-corrected chi connectivity index (χ4v) is 5.19. The van der Waals surface area contributed by atoms with E-state index in [2.05, 4.69) is 35.0 Å². The molecule has 5 nitrogen and oxygen atoms in total. The number of amides is 1. The van der Waals surface area contributed by atoms with Crippen molar-refractivity contribution in [3.63, 3.8) is 0 Å². The van der Waals surface area contributed by atoms with Crippen molar-refractivity contribution in [2.75, 3.05) is 64.4 Å². The van der Waals surface area contributed by atoms with E-state index in [1.807, 2.05) is 17.0 Å². The summed E-state index contributed by atoms with van der Waals surface area (Å²) in [7, 11) is 2.13. The molecule has 1 amide bonds. The van der Waals surface area contributed by atoms with Gasteiger partial charge in [0.1, 0.15) is 5.82 Å². The number of hydrogen-bond donors (Lipinski definition) is 0. The molecule has 0 bridgehead atoms. The van der Waals surface area contributed by atoms with Crippen LogP contribution in [0, 0.1) is 5.82 Å². The fraction of sp³-hybridized carbons (Fsp3) is 0.480. The summed E-state index contributed by atoms with van der Waals surface area (Å²) < 4.78 is 19.1. The third-order valence-corrected chi connectivity index (χ3v) is 7.20. The molecule has 3 heterocycles. The van der Waals surface area contributed by atoms with Crippen molar-refractivity contribution in [1.82, 2.24) is 9.80 Å². The molecular weight excluding hydrogens is 393 g/mol. The number of carbonyl (C=O) groups excluding carboxylic acids is 1. The molecule has 0 unspecified atom stereocenters. The zero-order chi connectivity index (χ0) is 21.4. The molecule has 0 saturated carbocycles. The van der Waals surface area contributed by atoms with Crippen molar-refractivity contribution >= 4 is 11.6 Å². The molecule has 0 aliphatic carbocycles. The number of fused-ring (bicyclic) bond motifs is 2. The number of ether oxygens (including phenoxy) is 1. The van der Waals surface area contributed by atoms with Gasteiger partial charge in [-0.1, -0.05) is 18.2 Å². The van der Waals surface area contributed by atoms with E-state index < -0.39 is 0 Å². The number of rotatable bonds is 3. The molecule has 5 rings (SSSR count). The van der Waals surface area contributed by atoms with Crippen molar-refractivity contribution in [2.45, 2.75) is 18.3 Å². The van der Waals surface area contributed by atoms with Crippen LogP contribution in [0.5, 0.6) is 0 Å². The molecule has 0 N–H and O–H groups in total. The minimum atomic E-state index is -0.230. The minimum Gasteiger partial charge on any atom is -0.381 e. The Kier molecular flexibility index (Phi) is 5.54. The average molecular weight is 424 g/mol. The standard InChI is InChI=1S/C25H30FN3O2/c1-27-10-12-28(13-11-27)17-24(30)29-18-25(8-14-31-15-9-25)22-16-20(4-7-23(22)29)19-2-5-21(26)6-3-19/h2-7,16H,8-15,17-18H2,1H3. The average Bonchev–Trinajstić information content (AvgIpc) is 3.10. The Morgan fingerprint density at radius 3 is 2.39 bits per heavy atom. The third kappa shape index (κ3) is 4.00. The Morgan fingerprint density at radius 1 is 1.00 bits per heavy atom. The number of hydrogen-bond acceptors (Lipinski definition) is 4. The van der Waals surface area contributed by atoms with Crippen molar-refractivity contribution < 1.29 is 13.9 Å². The topological polar surface area (TPSA) is 36.0 Å². The van der Waals surface area contributed by atoms with Gasteiger partial charge in [0.2, 0.25) is 5.91 Å². The molecule has 1 spiro atoms. The number of likely N-dealkylation sites (N-methyl/N-ethyl adjacent to an activating group) is 1. The number of piperazine rings is 1. The summed E-state index contributed by atoms with van der Waals surface area (Å²) in [6, 6.07) is 13.0. The number of carbonyl (C=O) groups is 1. The van der Waals surface area contributed by atoms with Gasteiger partial charge in [0.15, 0.2) is 0 Å². The van der Waals surface area contributed by atoms with Gasteiger partial charge in [-0.05, 0) is 60.8 Å². The molecule has 2 saturated heterocycles. The van der Waals surface area contributed by atoms with Crippen molar-refractivity contribution in [3.05, 3.63) is 53.8 Å². The van der Waals surface area contributed by atoms with Crippen LogP contribution in [0.3, 0.4) is 0 Å². The van der Waals surface area contributed by atoms with E-state index in [0.717, 1.165) is 75.6 Å². The van der Waals surface area contributed by atoms with Crippen LogP contribution >= 0.6 is 0 Å². The number of anilines is 1. The van der Waals surface area contributed by atoms with Gasteiger partial charge >= 0.3 is 0 Å². The van der Waals surface area contributed by atoms with Gasteiger partial charge in [0.05, 0.1) is 6.54 Å². The van der Waals surface area contributed by atoms with Crippen LogP contribution < -0.4 is 4.90 Å². The smallest absolute Gasteiger partial charge is 0.241 e. The monoisotopic (exact) mass is 423 g/mol. The quantitative estimate of drug-likeness (QED) is 0.760. The van der Waals surface area contributed by atoms with Gasteiger partial charge in [0, 0.05) is 57.0 Å². The highest BCUT2D eigenvalue weighted by atomic mass is 19.1. The first-order chi connectivity index (χ1) is 15.0. The van der Waals surface area contributed by atoms with Crippen LogP contribution in [-0.4, -0.2) is 75.2 Å². The van der Waals surface area contributed by atoms with Crippen LogP contribution in [0.25, 0.3) is 11.1 Å². The predicted molar refractivity (Wildman–Crippen MR) is 120 cm³/mol. The van der Waals surface area contributed by atoms with Crippen LogP contribution in [0.4, 0.5) is 10.1 Å². The van der Waals surface area contributed by atoms with Gasteiger partial charge in [-0.3, -0.25) is 9.69 Å². The molecule has 0 aromatic heterocycles. The van der Waals surface area contributed by atoms with E-state index in [4.69, 9.17) is 4.74 Å². The molecule has 0 radical (unpaired) electrons. The minimum absolute atomic E-state index is 0.0542. The van der Waals surface area contributed by atoms with E-state index in [9.17, 15) is 9.18 Å². The Balaban J connectivity index is 1.45. The first-order valence-electron chi connectivity index (χ1n) is 11.2. The van der Waals surface area contributed by atoms with E-state index in [1.54, 1.807) is 0 Å². The second-order valence-corrected chi connectivity index (χ2v) is 9.19. The van der Waals surface area contributed by atoms with Crippen LogP contribution in [0.2, 0.25) is 0 Å². The van der Waals surface area contributed by atoms with Crippen LogP contribution in [-0.2, 0) is 14.9 Å². The summed E-state index contributed by atoms with van der Waals surface area (Å²) in [4.78, 5) is 20.0. The molecule has 0 atom stereocenters. The highest BCUT2D eigenvalue weighted by Crippen LogP contribution is 2.48. The van der Waals surface area contributed by atoms with Crippen molar-refractivity contribution in [2.24, 2.45) is 0 Å². The second kappa shape index (κ2) is 8.34. The summed E-state index contributed by atoms with van der Waals surface area (Å²) in [5, 5.41) is 0. The molecule has 164 valence electrons. The summed E-state index contributed by atoms with van der Waals surface area (Å²) >= 11 is 0. The molecule has 3 aliphatic heterocycles. The van der Waals surface area contributed by atoms with Crippen molar-refractivity contribution in [3.8, 4) is 11.1 Å². The first-order valence-corrected chi connectivity index (χ1v) is 11.2. The van der Waals surface area contributed by atoms with Gasteiger partial charge in [-0.25, -0.2) is 4.39 Å². The number of halogens is 1. The zero-order valence-corrected chi connectivity index (χ0v) is 18.1. The van der Waals surface area contributed by atoms with Gasteiger partial charge in [-0.15, -0.1) is 0 Å². The summed E-state index contributed by atoms with van der Waals surface area (Å²) in [6.45, 7) is 6.53. The van der Waals surface area contributed by atoms with Crippen LogP contribution in [0.15, 0.2) is 42.5 Å². The molecule has 2 aromatic carbocycles. The summed E-state index contributed by atoms with van der Waals surface area (Å²) in [5.41, 5.74) is 4.28. The lowest BCUT2D eigenvalue weighted by molar-refractivity contribution is -0.120. The Bertz CT molecular complexity index is 948. The Hall–Kier alpha value is -2.28. The normalized spacial score (nSPS) is 21.4. The van der Waals surface area contributed by atoms with Gasteiger partial charge < -0.3 is 14.5 Å². The predicted octanol–water partition coefficient (Wildman–Crippen LogP) is 3.13. The molecular formula is C25H30FN3O2. The lowest BCUT2D eigenvalue weighted by Gasteiger charge is -2.35. The van der Waals surface area contributed by atoms with E-state index >= 15 is 0 Å². The maximum Gasteiger partial charge on any atom is 0.241 e. The van der Waals surface area contributed by atoms with Gasteiger partial charge in [0.25, 0.3) is 0 Å². The Labute approximate surface area is 183 Å². The van der Waals surface area contributed by atoms with Crippen LogP contribution in [0.1, 0.15) is 18.4 Å². The number of nitrogens with zero attached hydrogens (tertiary/aromatic N) is 3. The zero-order valence-electron chi connectivity index (χ0n) is 18.1. The molecule has 2 fully saturated rings. The molecule has 6 heteroatoms. The first kappa shape index (κ1) is 20.6. The Morgan fingerprint density at radius 2 is 1.68 bits per heavy atom. The molecule has 2 aromatic rings. The maximum absolute atomic E-state index is 13.4. The van der Waals surface area contributed by atoms with E-state index in [1.165, 1.54) is 17.7 Å².